The van der Waals surface area contributed by atoms with Crippen LogP contribution in [-0.4, -0.2) is 24.8 Å². The number of esters is 1. The van der Waals surface area contributed by atoms with Gasteiger partial charge in [0.05, 0.1) is 6.42 Å². The average Bonchev–Trinajstić information content (AvgIpc) is 3.17. The maximum atomic E-state index is 12.1. The summed E-state index contributed by atoms with van der Waals surface area (Å²) < 4.78 is 15.7. The lowest BCUT2D eigenvalue weighted by atomic mass is 10.1. The van der Waals surface area contributed by atoms with E-state index in [9.17, 15) is 9.59 Å². The van der Waals surface area contributed by atoms with Gasteiger partial charge in [0.15, 0.2) is 17.6 Å². The highest BCUT2D eigenvalue weighted by Crippen LogP contribution is 2.34. The number of carbonyl (C=O) groups excluding carboxylic acids is 2. The highest BCUT2D eigenvalue weighted by Gasteiger charge is 2.22. The number of benzene rings is 1. The Morgan fingerprint density at radius 3 is 2.96 bits per heavy atom. The summed E-state index contributed by atoms with van der Waals surface area (Å²) in [6.45, 7) is 1.74. The molecule has 0 saturated carbocycles. The molecule has 1 amide bonds. The smallest absolute Gasteiger partial charge is 0.307 e. The summed E-state index contributed by atoms with van der Waals surface area (Å²) in [5.74, 6) is 0.730. The summed E-state index contributed by atoms with van der Waals surface area (Å²) in [7, 11) is 0. The molecule has 3 rings (SSSR count). The molecule has 0 saturated heterocycles. The van der Waals surface area contributed by atoms with E-state index in [2.05, 4.69) is 11.4 Å². The molecule has 0 radical (unpaired) electrons. The first-order chi connectivity index (χ1) is 11.1. The van der Waals surface area contributed by atoms with Crippen LogP contribution in [0.3, 0.4) is 0 Å². The molecule has 2 aliphatic rings. The molecule has 0 spiro atoms. The van der Waals surface area contributed by atoms with Gasteiger partial charge in [-0.15, -0.1) is 0 Å². The van der Waals surface area contributed by atoms with Crippen LogP contribution in [-0.2, 0) is 14.3 Å². The van der Waals surface area contributed by atoms with E-state index in [0.29, 0.717) is 23.6 Å². The van der Waals surface area contributed by atoms with E-state index in [4.69, 9.17) is 14.2 Å². The van der Waals surface area contributed by atoms with E-state index in [0.717, 1.165) is 12.8 Å². The van der Waals surface area contributed by atoms with Crippen LogP contribution < -0.4 is 14.8 Å². The molecule has 0 unspecified atom stereocenters. The Morgan fingerprint density at radius 2 is 2.17 bits per heavy atom. The second-order valence-electron chi connectivity index (χ2n) is 5.66. The Hall–Kier alpha value is -2.50. The normalized spacial score (nSPS) is 19.4. The lowest BCUT2D eigenvalue weighted by Gasteiger charge is -2.15. The summed E-state index contributed by atoms with van der Waals surface area (Å²) in [6.07, 6.45) is 5.52. The molecule has 2 atom stereocenters. The Balaban J connectivity index is 1.51. The van der Waals surface area contributed by atoms with E-state index in [1.165, 1.54) is 0 Å². The van der Waals surface area contributed by atoms with Crippen LogP contribution in [0.2, 0.25) is 0 Å². The minimum absolute atomic E-state index is 0.177. The molecule has 6 heteroatoms. The number of rotatable bonds is 5. The van der Waals surface area contributed by atoms with Crippen molar-refractivity contribution in [1.82, 2.24) is 0 Å². The fourth-order valence-electron chi connectivity index (χ4n) is 2.60. The molecule has 0 aromatic heterocycles. The molecule has 1 aliphatic carbocycles. The number of anilines is 1. The van der Waals surface area contributed by atoms with Gasteiger partial charge in [-0.25, -0.2) is 0 Å². The van der Waals surface area contributed by atoms with Crippen LogP contribution in [0.4, 0.5) is 5.69 Å². The van der Waals surface area contributed by atoms with Crippen LogP contribution in [0.1, 0.15) is 26.2 Å². The number of ether oxygens (including phenoxy) is 3. The van der Waals surface area contributed by atoms with Crippen LogP contribution >= 0.6 is 0 Å². The highest BCUT2D eigenvalue weighted by atomic mass is 16.7. The molecule has 0 fully saturated rings. The molecule has 1 aromatic carbocycles. The summed E-state index contributed by atoms with van der Waals surface area (Å²) >= 11 is 0. The Kier molecular flexibility index (Phi) is 4.50. The second-order valence-corrected chi connectivity index (χ2v) is 5.66. The van der Waals surface area contributed by atoms with Gasteiger partial charge >= 0.3 is 5.97 Å². The van der Waals surface area contributed by atoms with Gasteiger partial charge in [-0.2, -0.15) is 0 Å². The predicted molar refractivity (Wildman–Crippen MR) is 83.2 cm³/mol. The monoisotopic (exact) mass is 317 g/mol. The highest BCUT2D eigenvalue weighted by molar-refractivity contribution is 5.95. The van der Waals surface area contributed by atoms with E-state index < -0.39 is 6.10 Å². The fraction of sp³-hybridized carbons (Fsp3) is 0.412. The molecule has 6 nitrogen and oxygen atoms in total. The number of allylic oxidation sites excluding steroid dienone is 2. The second kappa shape index (κ2) is 6.73. The number of amides is 1. The lowest BCUT2D eigenvalue weighted by Crippen LogP contribution is -2.30. The molecule has 0 bridgehead atoms. The predicted octanol–water partition coefficient (Wildman–Crippen LogP) is 2.64. The van der Waals surface area contributed by atoms with Crippen molar-refractivity contribution in [2.24, 2.45) is 5.92 Å². The minimum atomic E-state index is -0.849. The van der Waals surface area contributed by atoms with Crippen molar-refractivity contribution in [3.05, 3.63) is 30.4 Å². The van der Waals surface area contributed by atoms with Crippen molar-refractivity contribution in [3.8, 4) is 11.5 Å². The van der Waals surface area contributed by atoms with E-state index in [1.807, 2.05) is 6.08 Å². The standard InChI is InChI=1S/C17H19NO5/c1-11(23-16(19)8-12-4-2-3-5-12)17(20)18-13-6-7-14-15(9-13)22-10-21-14/h2,4,6-7,9,11-12H,3,5,8,10H2,1H3,(H,18,20)/t11-,12+/m1/s1. The third-order valence-corrected chi connectivity index (χ3v) is 3.86. The molecular formula is C17H19NO5. The van der Waals surface area contributed by atoms with Crippen molar-refractivity contribution < 1.29 is 23.8 Å². The van der Waals surface area contributed by atoms with Gasteiger partial charge in [-0.05, 0) is 37.8 Å². The number of fused-ring (bicyclic) bond motifs is 1. The zero-order valence-corrected chi connectivity index (χ0v) is 12.9. The zero-order valence-electron chi connectivity index (χ0n) is 12.9. The van der Waals surface area contributed by atoms with Crippen molar-refractivity contribution in [3.63, 3.8) is 0 Å². The first-order valence-electron chi connectivity index (χ1n) is 7.68. The Morgan fingerprint density at radius 1 is 1.35 bits per heavy atom. The maximum absolute atomic E-state index is 12.1. The van der Waals surface area contributed by atoms with Gasteiger partial charge in [0.25, 0.3) is 5.91 Å². The van der Waals surface area contributed by atoms with E-state index in [-0.39, 0.29) is 24.6 Å². The maximum Gasteiger partial charge on any atom is 0.307 e. The first kappa shape index (κ1) is 15.4. The number of nitrogens with one attached hydrogen (secondary N) is 1. The molecule has 122 valence electrons. The van der Waals surface area contributed by atoms with Crippen molar-refractivity contribution in [1.29, 1.82) is 0 Å². The number of hydrogen-bond acceptors (Lipinski definition) is 5. The molecule has 1 heterocycles. The van der Waals surface area contributed by atoms with Crippen LogP contribution in [0.15, 0.2) is 30.4 Å². The van der Waals surface area contributed by atoms with E-state index in [1.54, 1.807) is 25.1 Å². The number of hydrogen-bond donors (Lipinski definition) is 1. The number of carbonyl (C=O) groups is 2. The molecule has 23 heavy (non-hydrogen) atoms. The van der Waals surface area contributed by atoms with Crippen molar-refractivity contribution in [2.45, 2.75) is 32.3 Å². The van der Waals surface area contributed by atoms with Gasteiger partial charge in [-0.3, -0.25) is 9.59 Å². The third-order valence-electron chi connectivity index (χ3n) is 3.86. The molecular weight excluding hydrogens is 298 g/mol. The zero-order chi connectivity index (χ0) is 16.2. The van der Waals surface area contributed by atoms with Gasteiger partial charge in [-0.1, -0.05) is 12.2 Å². The van der Waals surface area contributed by atoms with Gasteiger partial charge in [0.2, 0.25) is 6.79 Å². The molecule has 1 aliphatic heterocycles. The summed E-state index contributed by atoms with van der Waals surface area (Å²) in [6, 6.07) is 5.11. The van der Waals surface area contributed by atoms with Crippen LogP contribution in [0, 0.1) is 5.92 Å². The Labute approximate surface area is 134 Å². The lowest BCUT2D eigenvalue weighted by molar-refractivity contribution is -0.153. The van der Waals surface area contributed by atoms with Crippen molar-refractivity contribution in [2.75, 3.05) is 12.1 Å². The first-order valence-corrected chi connectivity index (χ1v) is 7.68. The third kappa shape index (κ3) is 3.83. The van der Waals surface area contributed by atoms with Gasteiger partial charge in [0, 0.05) is 11.8 Å². The van der Waals surface area contributed by atoms with Crippen LogP contribution in [0.25, 0.3) is 0 Å². The average molecular weight is 317 g/mol. The summed E-state index contributed by atoms with van der Waals surface area (Å²) in [5, 5.41) is 2.70. The topological polar surface area (TPSA) is 73.9 Å². The minimum Gasteiger partial charge on any atom is -0.454 e. The van der Waals surface area contributed by atoms with Gasteiger partial charge < -0.3 is 19.5 Å². The van der Waals surface area contributed by atoms with Crippen LogP contribution in [0.5, 0.6) is 11.5 Å². The molecule has 1 N–H and O–H groups in total. The fourth-order valence-corrected chi connectivity index (χ4v) is 2.60. The quantitative estimate of drug-likeness (QED) is 0.667. The Bertz CT molecular complexity index is 640. The van der Waals surface area contributed by atoms with Crippen molar-refractivity contribution >= 4 is 17.6 Å². The van der Waals surface area contributed by atoms with E-state index >= 15 is 0 Å². The largest absolute Gasteiger partial charge is 0.454 e. The van der Waals surface area contributed by atoms with Gasteiger partial charge in [0.1, 0.15) is 0 Å². The summed E-state index contributed by atoms with van der Waals surface area (Å²) in [4.78, 5) is 24.0. The molecule has 1 aromatic rings. The summed E-state index contributed by atoms with van der Waals surface area (Å²) in [5.41, 5.74) is 0.570. The SMILES string of the molecule is C[C@@H](OC(=O)C[C@H]1C=CCC1)C(=O)Nc1ccc2c(c1)OCO2.